The van der Waals surface area contributed by atoms with E-state index < -0.39 is 0 Å². The topological polar surface area (TPSA) is 63.4 Å². The van der Waals surface area contributed by atoms with Gasteiger partial charge in [0.05, 0.1) is 11.7 Å². The van der Waals surface area contributed by atoms with Crippen molar-refractivity contribution in [3.63, 3.8) is 0 Å². The van der Waals surface area contributed by atoms with Crippen LogP contribution in [-0.2, 0) is 16.0 Å². The number of amides is 2. The number of piperidine rings is 1. The number of nitrogens with zero attached hydrogens (tertiary/aromatic N) is 1. The lowest BCUT2D eigenvalue weighted by atomic mass is 9.91. The van der Waals surface area contributed by atoms with E-state index >= 15 is 0 Å². The van der Waals surface area contributed by atoms with Gasteiger partial charge in [-0.3, -0.25) is 9.59 Å². The van der Waals surface area contributed by atoms with Crippen LogP contribution in [0.3, 0.4) is 0 Å². The van der Waals surface area contributed by atoms with E-state index in [1.165, 1.54) is 17.5 Å². The highest BCUT2D eigenvalue weighted by Crippen LogP contribution is 2.39. The summed E-state index contributed by atoms with van der Waals surface area (Å²) in [5.41, 5.74) is 8.21. The Balaban J connectivity index is 1.56. The number of likely N-dealkylation sites (tertiary alicyclic amines) is 1. The normalized spacial score (nSPS) is 24.1. The van der Waals surface area contributed by atoms with Crippen LogP contribution in [0.25, 0.3) is 0 Å². The largest absolute Gasteiger partial charge is 0.369 e. The molecule has 3 rings (SSSR count). The first-order valence-corrected chi connectivity index (χ1v) is 9.46. The van der Waals surface area contributed by atoms with E-state index in [-0.39, 0.29) is 17.7 Å². The minimum atomic E-state index is -0.281. The number of primary amides is 1. The van der Waals surface area contributed by atoms with E-state index in [9.17, 15) is 9.59 Å². The number of carbonyl (C=O) groups is 2. The van der Waals surface area contributed by atoms with Crippen LogP contribution in [0.5, 0.6) is 0 Å². The number of fused-ring (bicyclic) bond motifs is 1. The summed E-state index contributed by atoms with van der Waals surface area (Å²) in [7, 11) is 0. The van der Waals surface area contributed by atoms with Gasteiger partial charge in [0.15, 0.2) is 0 Å². The quantitative estimate of drug-likeness (QED) is 0.921. The van der Waals surface area contributed by atoms with Gasteiger partial charge in [0, 0.05) is 18.3 Å². The molecular formula is C18H24N2O2S. The molecule has 1 aliphatic heterocycles. The molecule has 1 aliphatic carbocycles. The van der Waals surface area contributed by atoms with E-state index in [4.69, 9.17) is 5.73 Å². The van der Waals surface area contributed by atoms with Crippen LogP contribution >= 0.6 is 11.8 Å². The predicted molar refractivity (Wildman–Crippen MR) is 93.1 cm³/mol. The Morgan fingerprint density at radius 2 is 2.04 bits per heavy atom. The molecule has 1 aromatic rings. The molecule has 0 spiro atoms. The van der Waals surface area contributed by atoms with Crippen LogP contribution < -0.4 is 5.73 Å². The van der Waals surface area contributed by atoms with Crippen molar-refractivity contribution >= 4 is 23.6 Å². The van der Waals surface area contributed by atoms with Gasteiger partial charge in [-0.05, 0) is 43.2 Å². The van der Waals surface area contributed by atoms with Crippen molar-refractivity contribution in [2.24, 2.45) is 11.7 Å². The summed E-state index contributed by atoms with van der Waals surface area (Å²) in [5, 5.41) is 0.417. The molecule has 0 aromatic heterocycles. The molecule has 0 unspecified atom stereocenters. The van der Waals surface area contributed by atoms with Gasteiger partial charge in [0.1, 0.15) is 0 Å². The zero-order valence-electron chi connectivity index (χ0n) is 13.4. The molecule has 0 bridgehead atoms. The number of hydrogen-bond donors (Lipinski definition) is 1. The number of carbonyl (C=O) groups excluding carboxylic acids is 2. The molecule has 124 valence electrons. The van der Waals surface area contributed by atoms with E-state index in [1.807, 2.05) is 4.90 Å². The summed E-state index contributed by atoms with van der Waals surface area (Å²) in [6.45, 7) is 1.25. The van der Waals surface area contributed by atoms with Gasteiger partial charge >= 0.3 is 0 Å². The van der Waals surface area contributed by atoms with E-state index in [1.54, 1.807) is 11.8 Å². The van der Waals surface area contributed by atoms with Crippen molar-refractivity contribution in [1.82, 2.24) is 4.90 Å². The maximum absolute atomic E-state index is 12.5. The molecule has 2 aliphatic rings. The molecule has 23 heavy (non-hydrogen) atoms. The average molecular weight is 332 g/mol. The monoisotopic (exact) mass is 332 g/mol. The first-order valence-electron chi connectivity index (χ1n) is 8.41. The fourth-order valence-electron chi connectivity index (χ4n) is 3.58. The Hall–Kier alpha value is -1.49. The lowest BCUT2D eigenvalue weighted by Gasteiger charge is -2.32. The molecule has 1 heterocycles. The van der Waals surface area contributed by atoms with Crippen LogP contribution in [-0.4, -0.2) is 35.6 Å². The van der Waals surface area contributed by atoms with Gasteiger partial charge in [-0.25, -0.2) is 0 Å². The molecule has 4 nitrogen and oxygen atoms in total. The van der Waals surface area contributed by atoms with Crippen molar-refractivity contribution < 1.29 is 9.59 Å². The maximum Gasteiger partial charge on any atom is 0.232 e. The number of aryl methyl sites for hydroxylation is 1. The Bertz CT molecular complexity index is 590. The smallest absolute Gasteiger partial charge is 0.232 e. The highest BCUT2D eigenvalue weighted by molar-refractivity contribution is 8.00. The highest BCUT2D eigenvalue weighted by Gasteiger charge is 2.28. The van der Waals surface area contributed by atoms with Crippen LogP contribution in [0.4, 0.5) is 0 Å². The van der Waals surface area contributed by atoms with Crippen molar-refractivity contribution in [2.75, 3.05) is 18.8 Å². The van der Waals surface area contributed by atoms with Crippen molar-refractivity contribution in [2.45, 2.75) is 37.4 Å². The maximum atomic E-state index is 12.5. The highest BCUT2D eigenvalue weighted by atomic mass is 32.2. The number of thioether (sulfide) groups is 1. The molecule has 2 amide bonds. The molecule has 0 radical (unpaired) electrons. The summed E-state index contributed by atoms with van der Waals surface area (Å²) >= 11 is 1.74. The third-order valence-electron chi connectivity index (χ3n) is 4.90. The summed E-state index contributed by atoms with van der Waals surface area (Å²) < 4.78 is 0. The number of nitrogens with two attached hydrogens (primary N) is 1. The molecule has 2 atom stereocenters. The van der Waals surface area contributed by atoms with Crippen molar-refractivity contribution in [3.05, 3.63) is 35.4 Å². The predicted octanol–water partition coefficient (Wildman–Crippen LogP) is 2.52. The fraction of sp³-hybridized carbons (Fsp3) is 0.556. The summed E-state index contributed by atoms with van der Waals surface area (Å²) in [6, 6.07) is 8.57. The molecule has 5 heteroatoms. The number of rotatable bonds is 4. The van der Waals surface area contributed by atoms with E-state index in [0.29, 0.717) is 17.5 Å². The lowest BCUT2D eigenvalue weighted by molar-refractivity contribution is -0.132. The standard InChI is InChI=1S/C18H24N2O2S/c19-18(22)14-7-4-10-20(11-14)17(21)12-23-16-9-3-6-13-5-1-2-8-15(13)16/h1-2,5,8,14,16H,3-4,6-7,9-12H2,(H2,19,22)/t14-,16-/m1/s1. The van der Waals surface area contributed by atoms with Crippen LogP contribution in [0.15, 0.2) is 24.3 Å². The first kappa shape index (κ1) is 16.4. The SMILES string of the molecule is NC(=O)[C@@H]1CCCN(C(=O)CS[C@@H]2CCCc3ccccc32)C1. The Labute approximate surface area is 141 Å². The fourth-order valence-corrected chi connectivity index (χ4v) is 4.85. The summed E-state index contributed by atoms with van der Waals surface area (Å²) in [6.07, 6.45) is 5.15. The van der Waals surface area contributed by atoms with Crippen molar-refractivity contribution in [3.8, 4) is 0 Å². The van der Waals surface area contributed by atoms with E-state index in [0.717, 1.165) is 32.2 Å². The molecule has 2 N–H and O–H groups in total. The van der Waals surface area contributed by atoms with Gasteiger partial charge in [-0.1, -0.05) is 24.3 Å². The van der Waals surface area contributed by atoms with Gasteiger partial charge < -0.3 is 10.6 Å². The zero-order valence-corrected chi connectivity index (χ0v) is 14.2. The second-order valence-corrected chi connectivity index (χ2v) is 7.66. The molecule has 1 saturated heterocycles. The van der Waals surface area contributed by atoms with Gasteiger partial charge in [-0.2, -0.15) is 0 Å². The third kappa shape index (κ3) is 3.89. The third-order valence-corrected chi connectivity index (χ3v) is 6.20. The zero-order chi connectivity index (χ0) is 16.2. The second kappa shape index (κ2) is 7.39. The minimum absolute atomic E-state index is 0.143. The Morgan fingerprint density at radius 3 is 2.87 bits per heavy atom. The van der Waals surface area contributed by atoms with Gasteiger partial charge in [0.25, 0.3) is 0 Å². The number of benzene rings is 1. The molecular weight excluding hydrogens is 308 g/mol. The van der Waals surface area contributed by atoms with Crippen molar-refractivity contribution in [1.29, 1.82) is 0 Å². The Morgan fingerprint density at radius 1 is 1.22 bits per heavy atom. The lowest BCUT2D eigenvalue weighted by Crippen LogP contribution is -2.44. The van der Waals surface area contributed by atoms with Gasteiger partial charge in [0.2, 0.25) is 11.8 Å². The Kier molecular flexibility index (Phi) is 5.26. The average Bonchev–Trinajstić information content (AvgIpc) is 2.59. The second-order valence-electron chi connectivity index (χ2n) is 6.47. The number of hydrogen-bond acceptors (Lipinski definition) is 3. The summed E-state index contributed by atoms with van der Waals surface area (Å²) in [4.78, 5) is 25.6. The van der Waals surface area contributed by atoms with Crippen LogP contribution in [0, 0.1) is 5.92 Å². The minimum Gasteiger partial charge on any atom is -0.369 e. The van der Waals surface area contributed by atoms with Crippen LogP contribution in [0.2, 0.25) is 0 Å². The van der Waals surface area contributed by atoms with E-state index in [2.05, 4.69) is 24.3 Å². The van der Waals surface area contributed by atoms with Gasteiger partial charge in [-0.15, -0.1) is 11.8 Å². The van der Waals surface area contributed by atoms with Crippen LogP contribution in [0.1, 0.15) is 42.1 Å². The molecule has 1 aromatic carbocycles. The molecule has 1 fully saturated rings. The first-order chi connectivity index (χ1) is 11.1. The summed E-state index contributed by atoms with van der Waals surface area (Å²) in [5.74, 6) is 0.179. The molecule has 0 saturated carbocycles.